The largest absolute Gasteiger partial charge is 0.233 e. The van der Waals surface area contributed by atoms with Crippen LogP contribution in [0.3, 0.4) is 0 Å². The van der Waals surface area contributed by atoms with Gasteiger partial charge in [-0.25, -0.2) is 9.07 Å². The van der Waals surface area contributed by atoms with Gasteiger partial charge in [0.15, 0.2) is 0 Å². The van der Waals surface area contributed by atoms with E-state index < -0.39 is 0 Å². The SMILES string of the molecule is C[C@]12Cc3cnn(-c4ccc(F)cc4)c3C=C1CC[C@@H]2CCCc1ccccc1. The number of hydrogen-bond acceptors (Lipinski definition) is 1. The molecular weight excluding hydrogens is 359 g/mol. The van der Waals surface area contributed by atoms with Crippen molar-refractivity contribution in [1.29, 1.82) is 0 Å². The van der Waals surface area contributed by atoms with Gasteiger partial charge in [0, 0.05) is 0 Å². The van der Waals surface area contributed by atoms with Crippen molar-refractivity contribution >= 4 is 6.08 Å². The summed E-state index contributed by atoms with van der Waals surface area (Å²) in [6.07, 6.45) is 11.6. The zero-order valence-corrected chi connectivity index (χ0v) is 16.9. The fourth-order valence-corrected chi connectivity index (χ4v) is 5.38. The Labute approximate surface area is 172 Å². The predicted octanol–water partition coefficient (Wildman–Crippen LogP) is 6.39. The number of halogens is 1. The lowest BCUT2D eigenvalue weighted by Gasteiger charge is -2.36. The summed E-state index contributed by atoms with van der Waals surface area (Å²) >= 11 is 0. The van der Waals surface area contributed by atoms with E-state index in [0.717, 1.165) is 18.0 Å². The first-order valence-electron chi connectivity index (χ1n) is 10.7. The zero-order valence-electron chi connectivity index (χ0n) is 16.9. The maximum Gasteiger partial charge on any atom is 0.123 e. The van der Waals surface area contributed by atoms with Crippen molar-refractivity contribution in [2.45, 2.75) is 45.4 Å². The molecule has 2 aliphatic rings. The maximum absolute atomic E-state index is 13.3. The molecule has 29 heavy (non-hydrogen) atoms. The van der Waals surface area contributed by atoms with Crippen LogP contribution in [0.2, 0.25) is 0 Å². The first-order chi connectivity index (χ1) is 14.1. The van der Waals surface area contributed by atoms with Gasteiger partial charge < -0.3 is 0 Å². The van der Waals surface area contributed by atoms with Gasteiger partial charge >= 0.3 is 0 Å². The van der Waals surface area contributed by atoms with Crippen molar-refractivity contribution in [1.82, 2.24) is 9.78 Å². The van der Waals surface area contributed by atoms with Gasteiger partial charge in [-0.05, 0) is 91.3 Å². The lowest BCUT2D eigenvalue weighted by molar-refractivity contribution is 0.252. The molecule has 1 fully saturated rings. The number of allylic oxidation sites excluding steroid dienone is 1. The van der Waals surface area contributed by atoms with Crippen LogP contribution in [0.1, 0.15) is 49.4 Å². The molecule has 1 heterocycles. The topological polar surface area (TPSA) is 17.8 Å². The van der Waals surface area contributed by atoms with Crippen LogP contribution in [0.5, 0.6) is 0 Å². The van der Waals surface area contributed by atoms with Crippen molar-refractivity contribution in [3.8, 4) is 5.69 Å². The molecule has 0 aliphatic heterocycles. The Morgan fingerprint density at radius 1 is 1.10 bits per heavy atom. The molecule has 0 bridgehead atoms. The summed E-state index contributed by atoms with van der Waals surface area (Å²) in [5.41, 5.74) is 6.67. The summed E-state index contributed by atoms with van der Waals surface area (Å²) in [6.45, 7) is 2.46. The number of fused-ring (bicyclic) bond motifs is 2. The highest BCUT2D eigenvalue weighted by molar-refractivity contribution is 5.61. The summed E-state index contributed by atoms with van der Waals surface area (Å²) in [6, 6.07) is 17.4. The second kappa shape index (κ2) is 7.29. The fourth-order valence-electron chi connectivity index (χ4n) is 5.38. The van der Waals surface area contributed by atoms with E-state index in [4.69, 9.17) is 0 Å². The van der Waals surface area contributed by atoms with Crippen molar-refractivity contribution in [3.05, 3.63) is 89.0 Å². The lowest BCUT2D eigenvalue weighted by Crippen LogP contribution is -2.29. The molecule has 2 atom stereocenters. The molecule has 2 nitrogen and oxygen atoms in total. The molecule has 2 aromatic carbocycles. The molecule has 148 valence electrons. The van der Waals surface area contributed by atoms with Crippen LogP contribution in [0.15, 0.2) is 66.4 Å². The van der Waals surface area contributed by atoms with E-state index >= 15 is 0 Å². The van der Waals surface area contributed by atoms with Crippen molar-refractivity contribution in [3.63, 3.8) is 0 Å². The molecule has 0 saturated heterocycles. The average molecular weight is 387 g/mol. The van der Waals surface area contributed by atoms with E-state index in [9.17, 15) is 4.39 Å². The number of rotatable bonds is 5. The van der Waals surface area contributed by atoms with Crippen LogP contribution in [0.25, 0.3) is 11.8 Å². The van der Waals surface area contributed by atoms with Gasteiger partial charge in [0.2, 0.25) is 0 Å². The van der Waals surface area contributed by atoms with Gasteiger partial charge in [-0.1, -0.05) is 42.8 Å². The van der Waals surface area contributed by atoms with E-state index in [0.29, 0.717) is 0 Å². The van der Waals surface area contributed by atoms with Gasteiger partial charge in [0.25, 0.3) is 0 Å². The van der Waals surface area contributed by atoms with Gasteiger partial charge in [-0.15, -0.1) is 0 Å². The van der Waals surface area contributed by atoms with E-state index in [1.807, 2.05) is 10.9 Å². The molecule has 0 N–H and O–H groups in total. The average Bonchev–Trinajstić information content (AvgIpc) is 3.28. The standard InChI is InChI=1S/C26H27FN2/c1-26-17-20-18-28-29(24-14-12-23(27)13-15-24)25(20)16-22(26)11-10-21(26)9-5-8-19-6-3-2-4-7-19/h2-4,6-7,12-16,18,21H,5,8-11,17H2,1H3/t21-,26+/m0/s1. The number of aryl methyl sites for hydroxylation is 1. The molecule has 0 amide bonds. The third kappa shape index (κ3) is 3.33. The molecule has 3 heteroatoms. The van der Waals surface area contributed by atoms with Crippen LogP contribution < -0.4 is 0 Å². The Morgan fingerprint density at radius 2 is 1.90 bits per heavy atom. The second-order valence-corrected chi connectivity index (χ2v) is 8.82. The Kier molecular flexibility index (Phi) is 4.61. The van der Waals surface area contributed by atoms with Crippen molar-refractivity contribution in [2.24, 2.45) is 11.3 Å². The third-order valence-corrected chi connectivity index (χ3v) is 7.08. The molecule has 3 aromatic rings. The van der Waals surface area contributed by atoms with Crippen LogP contribution in [-0.2, 0) is 12.8 Å². The first kappa shape index (κ1) is 18.4. The number of aromatic nitrogens is 2. The van der Waals surface area contributed by atoms with E-state index in [1.165, 1.54) is 61.1 Å². The highest BCUT2D eigenvalue weighted by atomic mass is 19.1. The maximum atomic E-state index is 13.3. The third-order valence-electron chi connectivity index (χ3n) is 7.08. The summed E-state index contributed by atoms with van der Waals surface area (Å²) in [7, 11) is 0. The number of hydrogen-bond donors (Lipinski definition) is 0. The normalized spacial score (nSPS) is 22.8. The van der Waals surface area contributed by atoms with Crippen LogP contribution in [0, 0.1) is 17.2 Å². The van der Waals surface area contributed by atoms with Gasteiger partial charge in [0.05, 0.1) is 17.6 Å². The highest BCUT2D eigenvalue weighted by Gasteiger charge is 2.44. The second-order valence-electron chi connectivity index (χ2n) is 8.82. The van der Waals surface area contributed by atoms with E-state index in [2.05, 4.69) is 48.4 Å². The lowest BCUT2D eigenvalue weighted by atomic mass is 9.68. The number of nitrogens with zero attached hydrogens (tertiary/aromatic N) is 2. The van der Waals surface area contributed by atoms with Crippen LogP contribution >= 0.6 is 0 Å². The summed E-state index contributed by atoms with van der Waals surface area (Å²) in [4.78, 5) is 0. The Bertz CT molecular complexity index is 1030. The minimum Gasteiger partial charge on any atom is -0.233 e. The summed E-state index contributed by atoms with van der Waals surface area (Å²) in [5, 5.41) is 4.63. The minimum atomic E-state index is -0.213. The highest BCUT2D eigenvalue weighted by Crippen LogP contribution is 2.54. The monoisotopic (exact) mass is 386 g/mol. The molecular formula is C26H27FN2. The molecule has 5 rings (SSSR count). The molecule has 0 radical (unpaired) electrons. The quantitative estimate of drug-likeness (QED) is 0.497. The molecule has 1 saturated carbocycles. The van der Waals surface area contributed by atoms with Crippen LogP contribution in [0.4, 0.5) is 4.39 Å². The van der Waals surface area contributed by atoms with E-state index in [-0.39, 0.29) is 11.2 Å². The summed E-state index contributed by atoms with van der Waals surface area (Å²) < 4.78 is 15.3. The predicted molar refractivity (Wildman–Crippen MR) is 115 cm³/mol. The van der Waals surface area contributed by atoms with Gasteiger partial charge in [0.1, 0.15) is 5.82 Å². The minimum absolute atomic E-state index is 0.213. The Hall–Kier alpha value is -2.68. The fraction of sp³-hybridized carbons (Fsp3) is 0.346. The van der Waals surface area contributed by atoms with Gasteiger partial charge in [-0.3, -0.25) is 0 Å². The zero-order chi connectivity index (χ0) is 19.8. The number of benzene rings is 2. The smallest absolute Gasteiger partial charge is 0.123 e. The van der Waals surface area contributed by atoms with Crippen molar-refractivity contribution < 1.29 is 4.39 Å². The molecule has 2 aliphatic carbocycles. The Morgan fingerprint density at radius 3 is 2.69 bits per heavy atom. The Balaban J connectivity index is 1.34. The molecule has 0 spiro atoms. The molecule has 0 unspecified atom stereocenters. The first-order valence-corrected chi connectivity index (χ1v) is 10.7. The van der Waals surface area contributed by atoms with Crippen molar-refractivity contribution in [2.75, 3.05) is 0 Å². The summed E-state index contributed by atoms with van der Waals surface area (Å²) in [5.74, 6) is 0.523. The molecule has 1 aromatic heterocycles. The van der Waals surface area contributed by atoms with Crippen LogP contribution in [-0.4, -0.2) is 9.78 Å². The van der Waals surface area contributed by atoms with Gasteiger partial charge in [-0.2, -0.15) is 5.10 Å². The van der Waals surface area contributed by atoms with E-state index in [1.54, 1.807) is 17.7 Å².